The normalized spacial score (nSPS) is 18.2. The zero-order chi connectivity index (χ0) is 24.6. The zero-order valence-electron chi connectivity index (χ0n) is 20.8. The summed E-state index contributed by atoms with van der Waals surface area (Å²) in [5.74, 6) is 1.11. The molecule has 1 aromatic heterocycles. The second kappa shape index (κ2) is 12.0. The van der Waals surface area contributed by atoms with E-state index in [4.69, 9.17) is 9.47 Å². The molecule has 8 heteroatoms. The monoisotopic (exact) mass is 480 g/mol. The van der Waals surface area contributed by atoms with Crippen molar-refractivity contribution >= 4 is 11.8 Å². The highest BCUT2D eigenvalue weighted by molar-refractivity contribution is 5.98. The van der Waals surface area contributed by atoms with E-state index in [1.807, 2.05) is 29.2 Å². The molecule has 2 aliphatic rings. The zero-order valence-corrected chi connectivity index (χ0v) is 20.8. The molecule has 3 heterocycles. The van der Waals surface area contributed by atoms with Crippen LogP contribution < -0.4 is 9.47 Å². The minimum Gasteiger partial charge on any atom is -0.490 e. The first-order chi connectivity index (χ1) is 17.0. The summed E-state index contributed by atoms with van der Waals surface area (Å²) in [6.45, 7) is 8.63. The van der Waals surface area contributed by atoms with Gasteiger partial charge in [-0.1, -0.05) is 25.0 Å². The van der Waals surface area contributed by atoms with Crippen molar-refractivity contribution in [3.63, 3.8) is 0 Å². The van der Waals surface area contributed by atoms with Gasteiger partial charge in [-0.2, -0.15) is 0 Å². The quantitative estimate of drug-likeness (QED) is 0.665. The highest BCUT2D eigenvalue weighted by Gasteiger charge is 2.27. The van der Waals surface area contributed by atoms with Gasteiger partial charge in [0.1, 0.15) is 12.1 Å². The van der Waals surface area contributed by atoms with E-state index >= 15 is 0 Å². The predicted molar refractivity (Wildman–Crippen MR) is 134 cm³/mol. The SMILES string of the molecule is CC(C)N1CCN(C(=O)CN2CCCCCCOc3ccccc3Oc3ncccc3C2=O)CC1. The van der Waals surface area contributed by atoms with Gasteiger partial charge in [-0.15, -0.1) is 0 Å². The summed E-state index contributed by atoms with van der Waals surface area (Å²) >= 11 is 0. The maximum absolute atomic E-state index is 13.7. The number of benzene rings is 1. The van der Waals surface area contributed by atoms with E-state index in [-0.39, 0.29) is 24.2 Å². The van der Waals surface area contributed by atoms with Crippen LogP contribution in [-0.4, -0.2) is 83.4 Å². The van der Waals surface area contributed by atoms with Crippen molar-refractivity contribution in [3.8, 4) is 17.4 Å². The lowest BCUT2D eigenvalue weighted by Gasteiger charge is -2.37. The van der Waals surface area contributed by atoms with Gasteiger partial charge < -0.3 is 19.3 Å². The Morgan fingerprint density at radius 2 is 1.69 bits per heavy atom. The number of carbonyl (C=O) groups excluding carboxylic acids is 2. The average molecular weight is 481 g/mol. The van der Waals surface area contributed by atoms with E-state index in [1.54, 1.807) is 23.2 Å². The molecule has 0 radical (unpaired) electrons. The molecule has 0 saturated carbocycles. The number of aromatic nitrogens is 1. The maximum Gasteiger partial charge on any atom is 0.259 e. The number of piperazine rings is 1. The molecular formula is C27H36N4O4. The van der Waals surface area contributed by atoms with Crippen molar-refractivity contribution < 1.29 is 19.1 Å². The van der Waals surface area contributed by atoms with Crippen LogP contribution in [0.3, 0.4) is 0 Å². The third-order valence-electron chi connectivity index (χ3n) is 6.65. The highest BCUT2D eigenvalue weighted by Crippen LogP contribution is 2.32. The molecule has 35 heavy (non-hydrogen) atoms. The molecule has 1 fully saturated rings. The third kappa shape index (κ3) is 6.51. The number of hydrogen-bond donors (Lipinski definition) is 0. The van der Waals surface area contributed by atoms with E-state index in [2.05, 4.69) is 23.7 Å². The lowest BCUT2D eigenvalue weighted by Crippen LogP contribution is -2.53. The Labute approximate surface area is 207 Å². The van der Waals surface area contributed by atoms with E-state index in [9.17, 15) is 9.59 Å². The number of ether oxygens (including phenoxy) is 2. The lowest BCUT2D eigenvalue weighted by atomic mass is 10.1. The van der Waals surface area contributed by atoms with Gasteiger partial charge in [0, 0.05) is 45.0 Å². The molecule has 1 saturated heterocycles. The molecule has 188 valence electrons. The van der Waals surface area contributed by atoms with E-state index in [0.717, 1.165) is 38.8 Å². The first-order valence-electron chi connectivity index (χ1n) is 12.7. The minimum atomic E-state index is -0.238. The summed E-state index contributed by atoms with van der Waals surface area (Å²) in [5.41, 5.74) is 0.344. The Hall–Kier alpha value is -3.13. The number of hydrogen-bond acceptors (Lipinski definition) is 6. The number of para-hydroxylation sites is 2. The summed E-state index contributed by atoms with van der Waals surface area (Å²) in [7, 11) is 0. The number of nitrogens with zero attached hydrogens (tertiary/aromatic N) is 4. The second-order valence-electron chi connectivity index (χ2n) is 9.40. The second-order valence-corrected chi connectivity index (χ2v) is 9.40. The lowest BCUT2D eigenvalue weighted by molar-refractivity contribution is -0.133. The average Bonchev–Trinajstić information content (AvgIpc) is 2.87. The molecule has 0 bridgehead atoms. The van der Waals surface area contributed by atoms with Crippen molar-refractivity contribution in [3.05, 3.63) is 48.2 Å². The Bertz CT molecular complexity index is 1000. The van der Waals surface area contributed by atoms with Crippen molar-refractivity contribution in [2.24, 2.45) is 0 Å². The molecule has 0 spiro atoms. The fourth-order valence-corrected chi connectivity index (χ4v) is 4.51. The number of rotatable bonds is 3. The number of pyridine rings is 1. The fourth-order valence-electron chi connectivity index (χ4n) is 4.51. The van der Waals surface area contributed by atoms with Crippen molar-refractivity contribution in [1.29, 1.82) is 0 Å². The summed E-state index contributed by atoms with van der Waals surface area (Å²) < 4.78 is 12.0. The Morgan fingerprint density at radius 1 is 0.943 bits per heavy atom. The molecule has 2 aromatic rings. The topological polar surface area (TPSA) is 75.2 Å². The molecule has 2 amide bonds. The van der Waals surface area contributed by atoms with Gasteiger partial charge in [0.2, 0.25) is 11.8 Å². The molecule has 2 aliphatic heterocycles. The van der Waals surface area contributed by atoms with Gasteiger partial charge >= 0.3 is 0 Å². The smallest absolute Gasteiger partial charge is 0.259 e. The molecular weight excluding hydrogens is 444 g/mol. The summed E-state index contributed by atoms with van der Waals surface area (Å²) in [4.78, 5) is 37.1. The standard InChI is InChI=1S/C27H36N4O4/c1-21(2)29-15-17-30(18-16-29)25(32)20-31-14-7-3-4-8-19-34-23-11-5-6-12-24(23)35-26-22(27(31)33)10-9-13-28-26/h5-6,9-13,21H,3-4,7-8,14-20H2,1-2H3. The molecule has 0 unspecified atom stereocenters. The third-order valence-corrected chi connectivity index (χ3v) is 6.65. The van der Waals surface area contributed by atoms with Crippen LogP contribution in [0.1, 0.15) is 49.9 Å². The first kappa shape index (κ1) is 25.0. The highest BCUT2D eigenvalue weighted by atomic mass is 16.5. The van der Waals surface area contributed by atoms with Gasteiger partial charge in [0.25, 0.3) is 5.91 Å². The van der Waals surface area contributed by atoms with Crippen molar-refractivity contribution in [2.45, 2.75) is 45.6 Å². The van der Waals surface area contributed by atoms with Crippen LogP contribution in [0.15, 0.2) is 42.6 Å². The summed E-state index contributed by atoms with van der Waals surface area (Å²) in [6, 6.07) is 11.3. The minimum absolute atomic E-state index is 0.00650. The summed E-state index contributed by atoms with van der Waals surface area (Å²) in [5, 5.41) is 0. The van der Waals surface area contributed by atoms with Crippen LogP contribution in [0, 0.1) is 0 Å². The number of carbonyl (C=O) groups is 2. The Kier molecular flexibility index (Phi) is 8.58. The van der Waals surface area contributed by atoms with E-state index in [0.29, 0.717) is 49.3 Å². The molecule has 0 N–H and O–H groups in total. The van der Waals surface area contributed by atoms with Crippen LogP contribution in [0.2, 0.25) is 0 Å². The van der Waals surface area contributed by atoms with Gasteiger partial charge in [-0.05, 0) is 51.0 Å². The largest absolute Gasteiger partial charge is 0.490 e. The van der Waals surface area contributed by atoms with Crippen molar-refractivity contribution in [2.75, 3.05) is 45.9 Å². The van der Waals surface area contributed by atoms with Gasteiger partial charge in [-0.3, -0.25) is 14.5 Å². The van der Waals surface area contributed by atoms with E-state index < -0.39 is 0 Å². The van der Waals surface area contributed by atoms with E-state index in [1.165, 1.54) is 0 Å². The number of fused-ring (bicyclic) bond motifs is 2. The summed E-state index contributed by atoms with van der Waals surface area (Å²) in [6.07, 6.45) is 5.30. The van der Waals surface area contributed by atoms with Crippen LogP contribution in [0.4, 0.5) is 0 Å². The predicted octanol–water partition coefficient (Wildman–Crippen LogP) is 3.82. The Morgan fingerprint density at radius 3 is 2.46 bits per heavy atom. The fraction of sp³-hybridized carbons (Fsp3) is 0.519. The van der Waals surface area contributed by atoms with Crippen LogP contribution in [0.25, 0.3) is 0 Å². The van der Waals surface area contributed by atoms with Crippen LogP contribution >= 0.6 is 0 Å². The van der Waals surface area contributed by atoms with Gasteiger partial charge in [0.05, 0.1) is 6.61 Å². The van der Waals surface area contributed by atoms with Crippen molar-refractivity contribution in [1.82, 2.24) is 19.7 Å². The van der Waals surface area contributed by atoms with Crippen LogP contribution in [-0.2, 0) is 4.79 Å². The van der Waals surface area contributed by atoms with Crippen LogP contribution in [0.5, 0.6) is 17.4 Å². The Balaban J connectivity index is 1.54. The molecule has 1 aromatic carbocycles. The first-order valence-corrected chi connectivity index (χ1v) is 12.7. The molecule has 8 nitrogen and oxygen atoms in total. The number of amides is 2. The van der Waals surface area contributed by atoms with Gasteiger partial charge in [0.15, 0.2) is 11.5 Å². The van der Waals surface area contributed by atoms with Gasteiger partial charge in [-0.25, -0.2) is 4.98 Å². The molecule has 4 rings (SSSR count). The molecule has 0 atom stereocenters. The molecule has 0 aliphatic carbocycles. The maximum atomic E-state index is 13.7.